The Labute approximate surface area is 211 Å². The summed E-state index contributed by atoms with van der Waals surface area (Å²) in [6.07, 6.45) is 2.10. The fraction of sp³-hybridized carbons (Fsp3) is 0.207. The number of para-hydroxylation sites is 1. The van der Waals surface area contributed by atoms with Crippen LogP contribution in [-0.2, 0) is 16.0 Å². The van der Waals surface area contributed by atoms with Gasteiger partial charge in [-0.2, -0.15) is 0 Å². The number of rotatable bonds is 9. The number of imidazole rings is 1. The van der Waals surface area contributed by atoms with Gasteiger partial charge in [-0.15, -0.1) is 0 Å². The van der Waals surface area contributed by atoms with Crippen molar-refractivity contribution in [1.29, 1.82) is 0 Å². The predicted molar refractivity (Wildman–Crippen MR) is 141 cm³/mol. The van der Waals surface area contributed by atoms with Crippen molar-refractivity contribution >= 4 is 17.8 Å². The van der Waals surface area contributed by atoms with Crippen LogP contribution in [0.1, 0.15) is 19.4 Å². The zero-order valence-electron chi connectivity index (χ0n) is 20.7. The Bertz CT molecular complexity index is 1300. The van der Waals surface area contributed by atoms with Gasteiger partial charge in [0.15, 0.2) is 0 Å². The lowest BCUT2D eigenvalue weighted by Gasteiger charge is -2.26. The van der Waals surface area contributed by atoms with Crippen molar-refractivity contribution in [3.8, 4) is 22.7 Å². The maximum Gasteiger partial charge on any atom is 0.246 e. The van der Waals surface area contributed by atoms with Crippen LogP contribution in [0.3, 0.4) is 0 Å². The van der Waals surface area contributed by atoms with Crippen molar-refractivity contribution in [2.75, 3.05) is 19.0 Å². The minimum absolute atomic E-state index is 0.0744. The van der Waals surface area contributed by atoms with Gasteiger partial charge in [0.05, 0.1) is 19.2 Å². The standard InChI is InChI=1S/C29H30N4O3/c1-21(2)32(28(35)18-22-14-16-25(36-3)17-15-22)20-27(34)31-29-30-26(23-10-6-4-7-11-23)19-33(29)24-12-8-5-9-13-24/h4-17,19,21H,18,20H2,1-3H3,(H,30,31,34). The van der Waals surface area contributed by atoms with Crippen molar-refractivity contribution in [2.45, 2.75) is 26.3 Å². The third-order valence-corrected chi connectivity index (χ3v) is 5.83. The minimum Gasteiger partial charge on any atom is -0.497 e. The lowest BCUT2D eigenvalue weighted by molar-refractivity contribution is -0.135. The second kappa shape index (κ2) is 11.4. The molecule has 0 saturated carbocycles. The van der Waals surface area contributed by atoms with Crippen molar-refractivity contribution < 1.29 is 14.3 Å². The summed E-state index contributed by atoms with van der Waals surface area (Å²) in [5.41, 5.74) is 3.42. The highest BCUT2D eigenvalue weighted by atomic mass is 16.5. The number of benzene rings is 3. The molecular weight excluding hydrogens is 452 g/mol. The summed E-state index contributed by atoms with van der Waals surface area (Å²) < 4.78 is 7.03. The second-order valence-corrected chi connectivity index (χ2v) is 8.71. The quantitative estimate of drug-likeness (QED) is 0.366. The molecule has 4 rings (SSSR count). The van der Waals surface area contributed by atoms with E-state index in [9.17, 15) is 9.59 Å². The molecule has 0 aliphatic rings. The number of nitrogens with one attached hydrogen (secondary N) is 1. The highest BCUT2D eigenvalue weighted by Gasteiger charge is 2.22. The van der Waals surface area contributed by atoms with Gasteiger partial charge in [-0.05, 0) is 43.7 Å². The molecule has 0 unspecified atom stereocenters. The monoisotopic (exact) mass is 482 g/mol. The summed E-state index contributed by atoms with van der Waals surface area (Å²) in [5.74, 6) is 0.697. The molecule has 0 aliphatic heterocycles. The molecule has 184 valence electrons. The first-order valence-corrected chi connectivity index (χ1v) is 11.9. The number of amides is 2. The van der Waals surface area contributed by atoms with Gasteiger partial charge < -0.3 is 9.64 Å². The summed E-state index contributed by atoms with van der Waals surface area (Å²) in [5, 5.41) is 2.92. The molecule has 0 fully saturated rings. The Kier molecular flexibility index (Phi) is 7.80. The lowest BCUT2D eigenvalue weighted by atomic mass is 10.1. The molecule has 0 bridgehead atoms. The number of nitrogens with zero attached hydrogens (tertiary/aromatic N) is 3. The van der Waals surface area contributed by atoms with E-state index in [1.807, 2.05) is 110 Å². The molecule has 1 heterocycles. The average Bonchev–Trinajstić information content (AvgIpc) is 3.32. The summed E-state index contributed by atoms with van der Waals surface area (Å²) in [6.45, 7) is 3.73. The molecule has 7 heteroatoms. The first-order chi connectivity index (χ1) is 17.4. The van der Waals surface area contributed by atoms with E-state index < -0.39 is 0 Å². The Balaban J connectivity index is 1.52. The van der Waals surface area contributed by atoms with Gasteiger partial charge in [-0.25, -0.2) is 4.98 Å². The Morgan fingerprint density at radius 1 is 0.944 bits per heavy atom. The van der Waals surface area contributed by atoms with Crippen molar-refractivity contribution in [3.63, 3.8) is 0 Å². The van der Waals surface area contributed by atoms with E-state index in [-0.39, 0.29) is 30.8 Å². The van der Waals surface area contributed by atoms with E-state index >= 15 is 0 Å². The smallest absolute Gasteiger partial charge is 0.246 e. The van der Waals surface area contributed by atoms with Gasteiger partial charge in [0, 0.05) is 23.5 Å². The fourth-order valence-electron chi connectivity index (χ4n) is 3.90. The maximum atomic E-state index is 13.1. The Hall–Kier alpha value is -4.39. The summed E-state index contributed by atoms with van der Waals surface area (Å²) in [6, 6.07) is 26.7. The molecule has 0 radical (unpaired) electrons. The minimum atomic E-state index is -0.311. The Morgan fingerprint density at radius 2 is 1.58 bits per heavy atom. The number of hydrogen-bond acceptors (Lipinski definition) is 4. The van der Waals surface area contributed by atoms with E-state index in [1.165, 1.54) is 0 Å². The number of carbonyl (C=O) groups excluding carboxylic acids is 2. The second-order valence-electron chi connectivity index (χ2n) is 8.71. The molecule has 0 spiro atoms. The van der Waals surface area contributed by atoms with Crippen LogP contribution in [0.4, 0.5) is 5.95 Å². The van der Waals surface area contributed by atoms with Crippen LogP contribution < -0.4 is 10.1 Å². The average molecular weight is 483 g/mol. The van der Waals surface area contributed by atoms with Gasteiger partial charge >= 0.3 is 0 Å². The normalized spacial score (nSPS) is 10.8. The number of hydrogen-bond donors (Lipinski definition) is 1. The van der Waals surface area contributed by atoms with Crippen molar-refractivity contribution in [1.82, 2.24) is 14.5 Å². The van der Waals surface area contributed by atoms with Gasteiger partial charge in [0.1, 0.15) is 12.3 Å². The topological polar surface area (TPSA) is 76.5 Å². The first-order valence-electron chi connectivity index (χ1n) is 11.9. The fourth-order valence-corrected chi connectivity index (χ4v) is 3.90. The molecule has 1 aromatic heterocycles. The van der Waals surface area contributed by atoms with Gasteiger partial charge in [-0.3, -0.25) is 19.5 Å². The van der Waals surface area contributed by atoms with E-state index in [2.05, 4.69) is 5.32 Å². The van der Waals surface area contributed by atoms with Crippen LogP contribution >= 0.6 is 0 Å². The van der Waals surface area contributed by atoms with Crippen molar-refractivity contribution in [2.24, 2.45) is 0 Å². The largest absolute Gasteiger partial charge is 0.497 e. The third kappa shape index (κ3) is 5.99. The number of carbonyl (C=O) groups is 2. The highest BCUT2D eigenvalue weighted by Crippen LogP contribution is 2.24. The number of methoxy groups -OCH3 is 1. The molecular formula is C29H30N4O3. The van der Waals surface area contributed by atoms with Crippen LogP contribution in [0.25, 0.3) is 16.9 Å². The lowest BCUT2D eigenvalue weighted by Crippen LogP contribution is -2.43. The SMILES string of the molecule is COc1ccc(CC(=O)N(CC(=O)Nc2nc(-c3ccccc3)cn2-c2ccccc2)C(C)C)cc1. The van der Waals surface area contributed by atoms with Crippen LogP contribution in [0.2, 0.25) is 0 Å². The molecule has 3 aromatic carbocycles. The van der Waals surface area contributed by atoms with Gasteiger partial charge in [0.25, 0.3) is 0 Å². The highest BCUT2D eigenvalue weighted by molar-refractivity contribution is 5.94. The number of ether oxygens (including phenoxy) is 1. The van der Waals surface area contributed by atoms with E-state index in [4.69, 9.17) is 9.72 Å². The van der Waals surface area contributed by atoms with Crippen LogP contribution in [0.15, 0.2) is 91.1 Å². The molecule has 0 saturated heterocycles. The Morgan fingerprint density at radius 3 is 2.19 bits per heavy atom. The zero-order valence-corrected chi connectivity index (χ0v) is 20.7. The molecule has 7 nitrogen and oxygen atoms in total. The predicted octanol–water partition coefficient (Wildman–Crippen LogP) is 4.97. The molecule has 0 atom stereocenters. The number of aromatic nitrogens is 2. The van der Waals surface area contributed by atoms with E-state index in [0.717, 1.165) is 28.3 Å². The van der Waals surface area contributed by atoms with Crippen LogP contribution in [0.5, 0.6) is 5.75 Å². The molecule has 0 aliphatic carbocycles. The molecule has 2 amide bonds. The van der Waals surface area contributed by atoms with E-state index in [1.54, 1.807) is 12.0 Å². The first kappa shape index (κ1) is 24.7. The molecule has 36 heavy (non-hydrogen) atoms. The zero-order chi connectivity index (χ0) is 25.5. The van der Waals surface area contributed by atoms with Gasteiger partial charge in [-0.1, -0.05) is 60.7 Å². The van der Waals surface area contributed by atoms with Gasteiger partial charge in [0.2, 0.25) is 17.8 Å². The molecule has 4 aromatic rings. The summed E-state index contributed by atoms with van der Waals surface area (Å²) in [4.78, 5) is 32.5. The third-order valence-electron chi connectivity index (χ3n) is 5.83. The maximum absolute atomic E-state index is 13.1. The van der Waals surface area contributed by atoms with Crippen LogP contribution in [0, 0.1) is 0 Å². The molecule has 1 N–H and O–H groups in total. The van der Waals surface area contributed by atoms with Crippen molar-refractivity contribution in [3.05, 3.63) is 96.7 Å². The summed E-state index contributed by atoms with van der Waals surface area (Å²) in [7, 11) is 1.60. The van der Waals surface area contributed by atoms with E-state index in [0.29, 0.717) is 5.95 Å². The number of anilines is 1. The summed E-state index contributed by atoms with van der Waals surface area (Å²) >= 11 is 0. The van der Waals surface area contributed by atoms with Crippen LogP contribution in [-0.4, -0.2) is 46.0 Å².